The van der Waals surface area contributed by atoms with Crippen molar-refractivity contribution >= 4 is 17.3 Å². The first-order valence-corrected chi connectivity index (χ1v) is 10.3. The number of nitrogens with one attached hydrogen (secondary N) is 1. The molecule has 31 heavy (non-hydrogen) atoms. The maximum Gasteiger partial charge on any atom is 0.433 e. The lowest BCUT2D eigenvalue weighted by molar-refractivity contribution is -0.141. The number of aryl methyl sites for hydroxylation is 1. The topological polar surface area (TPSA) is 54.5 Å². The van der Waals surface area contributed by atoms with Crippen molar-refractivity contribution in [2.45, 2.75) is 53.3 Å². The SMILES string of the molecule is Cc1cc2c(cc1NC(=O)CC(C)(C)C)OCCCN2Cc1ccc(C(F)(F)F)nc1. The number of pyridine rings is 1. The zero-order valence-corrected chi connectivity index (χ0v) is 18.3. The molecule has 5 nitrogen and oxygen atoms in total. The largest absolute Gasteiger partial charge is 0.491 e. The number of fused-ring (bicyclic) bond motifs is 1. The van der Waals surface area contributed by atoms with Crippen molar-refractivity contribution in [1.82, 2.24) is 4.98 Å². The number of hydrogen-bond acceptors (Lipinski definition) is 4. The number of ether oxygens (including phenoxy) is 1. The van der Waals surface area contributed by atoms with E-state index in [1.807, 2.05) is 39.8 Å². The zero-order chi connectivity index (χ0) is 22.8. The molecule has 0 spiro atoms. The molecule has 2 aromatic rings. The molecule has 0 radical (unpaired) electrons. The van der Waals surface area contributed by atoms with E-state index in [9.17, 15) is 18.0 Å². The summed E-state index contributed by atoms with van der Waals surface area (Å²) in [6.07, 6.45) is -2.01. The highest BCUT2D eigenvalue weighted by atomic mass is 19.4. The maximum absolute atomic E-state index is 12.8. The monoisotopic (exact) mass is 435 g/mol. The number of carbonyl (C=O) groups excluding carboxylic acids is 1. The summed E-state index contributed by atoms with van der Waals surface area (Å²) >= 11 is 0. The van der Waals surface area contributed by atoms with Gasteiger partial charge in [0.15, 0.2) is 0 Å². The van der Waals surface area contributed by atoms with Gasteiger partial charge < -0.3 is 15.0 Å². The van der Waals surface area contributed by atoms with Crippen LogP contribution in [0.15, 0.2) is 30.5 Å². The maximum atomic E-state index is 12.8. The smallest absolute Gasteiger partial charge is 0.433 e. The van der Waals surface area contributed by atoms with E-state index in [1.54, 1.807) is 0 Å². The van der Waals surface area contributed by atoms with E-state index in [2.05, 4.69) is 15.2 Å². The van der Waals surface area contributed by atoms with Gasteiger partial charge in [-0.3, -0.25) is 9.78 Å². The Kier molecular flexibility index (Phi) is 6.48. The van der Waals surface area contributed by atoms with E-state index < -0.39 is 11.9 Å². The molecular weight excluding hydrogens is 407 g/mol. The molecule has 1 aliphatic heterocycles. The third-order valence-corrected chi connectivity index (χ3v) is 4.93. The average Bonchev–Trinajstić information content (AvgIpc) is 2.82. The van der Waals surface area contributed by atoms with Crippen LogP contribution in [0.4, 0.5) is 24.5 Å². The van der Waals surface area contributed by atoms with Crippen LogP contribution in [0.1, 0.15) is 50.4 Å². The van der Waals surface area contributed by atoms with Gasteiger partial charge in [0, 0.05) is 37.5 Å². The summed E-state index contributed by atoms with van der Waals surface area (Å²) in [5.41, 5.74) is 2.10. The minimum Gasteiger partial charge on any atom is -0.491 e. The molecule has 0 saturated carbocycles. The Morgan fingerprint density at radius 1 is 1.23 bits per heavy atom. The second kappa shape index (κ2) is 8.77. The van der Waals surface area contributed by atoms with E-state index >= 15 is 0 Å². The van der Waals surface area contributed by atoms with Crippen LogP contribution >= 0.6 is 0 Å². The second-order valence-corrected chi connectivity index (χ2v) is 9.09. The Hall–Kier alpha value is -2.77. The minimum absolute atomic E-state index is 0.0585. The molecule has 0 atom stereocenters. The van der Waals surface area contributed by atoms with Crippen LogP contribution in [0.5, 0.6) is 5.75 Å². The highest BCUT2D eigenvalue weighted by Crippen LogP contribution is 2.37. The number of halogens is 3. The molecule has 8 heteroatoms. The predicted molar refractivity (Wildman–Crippen MR) is 114 cm³/mol. The van der Waals surface area contributed by atoms with Gasteiger partial charge >= 0.3 is 6.18 Å². The molecule has 1 amide bonds. The van der Waals surface area contributed by atoms with Crippen molar-refractivity contribution in [2.75, 3.05) is 23.4 Å². The fourth-order valence-electron chi connectivity index (χ4n) is 3.47. The quantitative estimate of drug-likeness (QED) is 0.682. The predicted octanol–water partition coefficient (Wildman–Crippen LogP) is 5.57. The molecule has 2 heterocycles. The van der Waals surface area contributed by atoms with Crippen LogP contribution in [0, 0.1) is 12.3 Å². The highest BCUT2D eigenvalue weighted by Gasteiger charge is 2.32. The summed E-state index contributed by atoms with van der Waals surface area (Å²) < 4.78 is 44.2. The van der Waals surface area contributed by atoms with E-state index in [0.29, 0.717) is 43.1 Å². The Bertz CT molecular complexity index is 935. The minimum atomic E-state index is -4.45. The van der Waals surface area contributed by atoms with Crippen LogP contribution in [-0.4, -0.2) is 24.0 Å². The van der Waals surface area contributed by atoms with Crippen molar-refractivity contribution in [1.29, 1.82) is 0 Å². The van der Waals surface area contributed by atoms with Crippen molar-refractivity contribution in [3.63, 3.8) is 0 Å². The lowest BCUT2D eigenvalue weighted by Crippen LogP contribution is -2.24. The van der Waals surface area contributed by atoms with Crippen LogP contribution in [-0.2, 0) is 17.5 Å². The molecule has 0 fully saturated rings. The fraction of sp³-hybridized carbons (Fsp3) is 0.478. The van der Waals surface area contributed by atoms with Gasteiger partial charge in [0.1, 0.15) is 11.4 Å². The lowest BCUT2D eigenvalue weighted by atomic mass is 9.92. The Balaban J connectivity index is 1.82. The van der Waals surface area contributed by atoms with E-state index in [1.165, 1.54) is 12.3 Å². The standard InChI is InChI=1S/C23H28F3N3O2/c1-15-10-18-19(11-17(15)28-21(30)12-22(2,3)4)31-9-5-8-29(18)14-16-6-7-20(27-13-16)23(24,25)26/h6-7,10-11,13H,5,8-9,12,14H2,1-4H3,(H,28,30). The fourth-order valence-corrected chi connectivity index (χ4v) is 3.47. The second-order valence-electron chi connectivity index (χ2n) is 9.09. The molecule has 0 bridgehead atoms. The molecule has 3 rings (SSSR count). The molecule has 0 unspecified atom stereocenters. The number of rotatable bonds is 4. The van der Waals surface area contributed by atoms with Gasteiger partial charge in [-0.25, -0.2) is 0 Å². The van der Waals surface area contributed by atoms with Crippen LogP contribution in [0.25, 0.3) is 0 Å². The molecule has 0 aliphatic carbocycles. The van der Waals surface area contributed by atoms with Crippen molar-refractivity contribution in [2.24, 2.45) is 5.41 Å². The van der Waals surface area contributed by atoms with Crippen molar-refractivity contribution < 1.29 is 22.7 Å². The highest BCUT2D eigenvalue weighted by molar-refractivity contribution is 5.92. The number of aromatic nitrogens is 1. The Labute approximate surface area is 180 Å². The summed E-state index contributed by atoms with van der Waals surface area (Å²) in [5.74, 6) is 0.589. The summed E-state index contributed by atoms with van der Waals surface area (Å²) in [5, 5.41) is 2.97. The molecule has 1 aromatic heterocycles. The molecule has 1 N–H and O–H groups in total. The summed E-state index contributed by atoms with van der Waals surface area (Å²) in [4.78, 5) is 18.0. The van der Waals surface area contributed by atoms with Crippen LogP contribution in [0.3, 0.4) is 0 Å². The zero-order valence-electron chi connectivity index (χ0n) is 18.3. The normalized spacial score (nSPS) is 14.5. The number of anilines is 2. The van der Waals surface area contributed by atoms with Gasteiger partial charge in [0.2, 0.25) is 5.91 Å². The summed E-state index contributed by atoms with van der Waals surface area (Å²) in [7, 11) is 0. The number of nitrogens with zero attached hydrogens (tertiary/aromatic N) is 2. The van der Waals surface area contributed by atoms with Crippen molar-refractivity contribution in [3.05, 3.63) is 47.3 Å². The van der Waals surface area contributed by atoms with Gasteiger partial charge in [-0.05, 0) is 42.0 Å². The van der Waals surface area contributed by atoms with E-state index in [4.69, 9.17) is 4.74 Å². The molecule has 1 aliphatic rings. The molecular formula is C23H28F3N3O2. The van der Waals surface area contributed by atoms with E-state index in [-0.39, 0.29) is 11.3 Å². The molecule has 1 aromatic carbocycles. The Morgan fingerprint density at radius 2 is 1.97 bits per heavy atom. The van der Waals surface area contributed by atoms with Gasteiger partial charge in [-0.1, -0.05) is 26.8 Å². The van der Waals surface area contributed by atoms with Gasteiger partial charge in [0.25, 0.3) is 0 Å². The van der Waals surface area contributed by atoms with Crippen LogP contribution in [0.2, 0.25) is 0 Å². The van der Waals surface area contributed by atoms with Crippen LogP contribution < -0.4 is 15.0 Å². The third kappa shape index (κ3) is 6.12. The average molecular weight is 435 g/mol. The first-order chi connectivity index (χ1) is 14.4. The number of hydrogen-bond donors (Lipinski definition) is 1. The number of carbonyl (C=O) groups is 1. The Morgan fingerprint density at radius 3 is 2.58 bits per heavy atom. The number of benzene rings is 1. The first-order valence-electron chi connectivity index (χ1n) is 10.3. The third-order valence-electron chi connectivity index (χ3n) is 4.93. The van der Waals surface area contributed by atoms with E-state index in [0.717, 1.165) is 23.7 Å². The van der Waals surface area contributed by atoms with Gasteiger partial charge in [0.05, 0.1) is 12.3 Å². The summed E-state index contributed by atoms with van der Waals surface area (Å²) in [6, 6.07) is 6.23. The van der Waals surface area contributed by atoms with Crippen molar-refractivity contribution in [3.8, 4) is 5.75 Å². The molecule has 0 saturated heterocycles. The van der Waals surface area contributed by atoms with Gasteiger partial charge in [-0.2, -0.15) is 13.2 Å². The first kappa shape index (κ1) is 22.9. The summed E-state index contributed by atoms with van der Waals surface area (Å²) in [6.45, 7) is 9.57. The number of alkyl halides is 3. The number of amides is 1. The molecule has 168 valence electrons. The van der Waals surface area contributed by atoms with Gasteiger partial charge in [-0.15, -0.1) is 0 Å². The lowest BCUT2D eigenvalue weighted by Gasteiger charge is -2.25.